The van der Waals surface area contributed by atoms with Gasteiger partial charge < -0.3 is 0 Å². The fraction of sp³-hybridized carbons (Fsp3) is 0.273. The summed E-state index contributed by atoms with van der Waals surface area (Å²) in [4.78, 5) is 2.05. The van der Waals surface area contributed by atoms with Crippen LogP contribution in [0.25, 0.3) is 16.5 Å². The molecular weight excluding hydrogens is 288 g/mol. The molecule has 1 unspecified atom stereocenters. The van der Waals surface area contributed by atoms with Gasteiger partial charge in [0.15, 0.2) is 6.04 Å². The fourth-order valence-corrected chi connectivity index (χ4v) is 1.29. The molecule has 0 radical (unpaired) electrons. The van der Waals surface area contributed by atoms with E-state index in [-0.39, 0.29) is 5.56 Å². The minimum absolute atomic E-state index is 0.0813. The van der Waals surface area contributed by atoms with Crippen LogP contribution in [-0.4, -0.2) is 12.2 Å². The van der Waals surface area contributed by atoms with Crippen molar-refractivity contribution in [3.8, 4) is 0 Å². The Labute approximate surface area is 109 Å². The molecular formula is C11H7F6N3. The van der Waals surface area contributed by atoms with Crippen LogP contribution in [0.4, 0.5) is 26.3 Å². The average molecular weight is 295 g/mol. The van der Waals surface area contributed by atoms with Gasteiger partial charge in [0.1, 0.15) is 0 Å². The highest BCUT2D eigenvalue weighted by atomic mass is 19.4. The number of azide groups is 1. The SMILES string of the molecule is [N-]=[N+]=NC(C=Cc1cccc(C(F)(F)F)c1)C(F)(F)F. The van der Waals surface area contributed by atoms with Gasteiger partial charge in [-0.05, 0) is 23.2 Å². The number of alkyl halides is 6. The molecule has 108 valence electrons. The van der Waals surface area contributed by atoms with Gasteiger partial charge in [-0.2, -0.15) is 26.3 Å². The molecule has 0 aliphatic rings. The predicted molar refractivity (Wildman–Crippen MR) is 59.5 cm³/mol. The molecule has 0 aliphatic heterocycles. The molecule has 1 atom stereocenters. The molecule has 0 spiro atoms. The molecule has 1 aromatic rings. The van der Waals surface area contributed by atoms with E-state index in [0.717, 1.165) is 18.2 Å². The van der Waals surface area contributed by atoms with Crippen molar-refractivity contribution in [1.82, 2.24) is 0 Å². The molecule has 0 heterocycles. The van der Waals surface area contributed by atoms with E-state index in [9.17, 15) is 26.3 Å². The Kier molecular flexibility index (Phi) is 4.67. The van der Waals surface area contributed by atoms with Gasteiger partial charge in [0.05, 0.1) is 5.56 Å². The molecule has 0 aliphatic carbocycles. The van der Waals surface area contributed by atoms with E-state index in [1.54, 1.807) is 0 Å². The maximum Gasteiger partial charge on any atom is 0.416 e. The number of benzene rings is 1. The Hall–Kier alpha value is -2.15. The summed E-state index contributed by atoms with van der Waals surface area (Å²) in [5, 5.41) is 2.53. The van der Waals surface area contributed by atoms with Crippen molar-refractivity contribution < 1.29 is 26.3 Å². The van der Waals surface area contributed by atoms with Crippen LogP contribution in [0.2, 0.25) is 0 Å². The van der Waals surface area contributed by atoms with Crippen molar-refractivity contribution in [2.75, 3.05) is 0 Å². The van der Waals surface area contributed by atoms with Crippen LogP contribution in [0.3, 0.4) is 0 Å². The third-order valence-corrected chi connectivity index (χ3v) is 2.20. The molecule has 3 nitrogen and oxygen atoms in total. The molecule has 0 saturated heterocycles. The summed E-state index contributed by atoms with van der Waals surface area (Å²) in [6.07, 6.45) is -8.07. The minimum atomic E-state index is -4.80. The highest BCUT2D eigenvalue weighted by molar-refractivity contribution is 5.51. The maximum atomic E-state index is 12.4. The van der Waals surface area contributed by atoms with E-state index in [4.69, 9.17) is 5.53 Å². The van der Waals surface area contributed by atoms with E-state index in [1.807, 2.05) is 4.91 Å². The molecule has 20 heavy (non-hydrogen) atoms. The molecule has 0 aromatic heterocycles. The third kappa shape index (κ3) is 4.51. The van der Waals surface area contributed by atoms with Crippen molar-refractivity contribution in [3.05, 3.63) is 51.9 Å². The standard InChI is InChI=1S/C11H7F6N3/c12-10(13,14)8-3-1-2-7(6-8)4-5-9(19-20-18)11(15,16)17/h1-6,9H. The van der Waals surface area contributed by atoms with Gasteiger partial charge in [-0.25, -0.2) is 0 Å². The summed E-state index contributed by atoms with van der Waals surface area (Å²) >= 11 is 0. The lowest BCUT2D eigenvalue weighted by Crippen LogP contribution is -2.24. The van der Waals surface area contributed by atoms with Crippen molar-refractivity contribution in [2.45, 2.75) is 18.4 Å². The molecule has 0 fully saturated rings. The summed E-state index contributed by atoms with van der Waals surface area (Å²) in [5.74, 6) is 0. The molecule has 0 N–H and O–H groups in total. The molecule has 1 rings (SSSR count). The molecule has 9 heteroatoms. The topological polar surface area (TPSA) is 48.8 Å². The normalized spacial score (nSPS) is 14.1. The second-order valence-corrected chi connectivity index (χ2v) is 3.67. The molecule has 1 aromatic carbocycles. The Morgan fingerprint density at radius 1 is 1.15 bits per heavy atom. The largest absolute Gasteiger partial charge is 0.416 e. The zero-order chi connectivity index (χ0) is 15.4. The van der Waals surface area contributed by atoms with E-state index >= 15 is 0 Å². The van der Waals surface area contributed by atoms with Crippen LogP contribution in [0.1, 0.15) is 11.1 Å². The number of halogens is 6. The van der Waals surface area contributed by atoms with E-state index in [1.165, 1.54) is 6.07 Å². The lowest BCUT2D eigenvalue weighted by molar-refractivity contribution is -0.138. The Morgan fingerprint density at radius 3 is 2.30 bits per heavy atom. The zero-order valence-electron chi connectivity index (χ0n) is 9.65. The van der Waals surface area contributed by atoms with Crippen LogP contribution in [0.5, 0.6) is 0 Å². The van der Waals surface area contributed by atoms with Gasteiger partial charge in [0.2, 0.25) is 0 Å². The van der Waals surface area contributed by atoms with Crippen molar-refractivity contribution in [3.63, 3.8) is 0 Å². The third-order valence-electron chi connectivity index (χ3n) is 2.20. The summed E-state index contributed by atoms with van der Waals surface area (Å²) in [7, 11) is 0. The van der Waals surface area contributed by atoms with Crippen molar-refractivity contribution in [2.24, 2.45) is 5.11 Å². The molecule has 0 saturated carbocycles. The van der Waals surface area contributed by atoms with Crippen LogP contribution >= 0.6 is 0 Å². The molecule has 0 amide bonds. The Morgan fingerprint density at radius 2 is 1.80 bits per heavy atom. The second kappa shape index (κ2) is 5.87. The van der Waals surface area contributed by atoms with E-state index in [2.05, 4.69) is 5.11 Å². The number of hydrogen-bond donors (Lipinski definition) is 0. The first-order chi connectivity index (χ1) is 9.14. The van der Waals surface area contributed by atoms with Gasteiger partial charge in [0, 0.05) is 4.91 Å². The van der Waals surface area contributed by atoms with Gasteiger partial charge in [-0.15, -0.1) is 0 Å². The Bertz CT molecular complexity index is 540. The van der Waals surface area contributed by atoms with E-state index in [0.29, 0.717) is 12.1 Å². The van der Waals surface area contributed by atoms with Gasteiger partial charge in [-0.3, -0.25) is 0 Å². The number of hydrogen-bond acceptors (Lipinski definition) is 1. The number of nitrogens with zero attached hydrogens (tertiary/aromatic N) is 3. The van der Waals surface area contributed by atoms with Gasteiger partial charge >= 0.3 is 12.4 Å². The summed E-state index contributed by atoms with van der Waals surface area (Å²) in [6.45, 7) is 0. The lowest BCUT2D eigenvalue weighted by Gasteiger charge is -2.10. The van der Waals surface area contributed by atoms with Crippen molar-refractivity contribution >= 4 is 6.08 Å². The minimum Gasteiger partial charge on any atom is -0.170 e. The summed E-state index contributed by atoms with van der Waals surface area (Å²) < 4.78 is 74.4. The first-order valence-electron chi connectivity index (χ1n) is 5.11. The highest BCUT2D eigenvalue weighted by Gasteiger charge is 2.37. The van der Waals surface area contributed by atoms with Crippen LogP contribution in [0, 0.1) is 0 Å². The fourth-order valence-electron chi connectivity index (χ4n) is 1.29. The highest BCUT2D eigenvalue weighted by Crippen LogP contribution is 2.30. The quantitative estimate of drug-likeness (QED) is 0.327. The van der Waals surface area contributed by atoms with Crippen LogP contribution < -0.4 is 0 Å². The van der Waals surface area contributed by atoms with Crippen LogP contribution in [0.15, 0.2) is 35.5 Å². The smallest absolute Gasteiger partial charge is 0.170 e. The lowest BCUT2D eigenvalue weighted by atomic mass is 10.1. The van der Waals surface area contributed by atoms with Crippen molar-refractivity contribution in [1.29, 1.82) is 0 Å². The average Bonchev–Trinajstić information content (AvgIpc) is 2.32. The molecule has 0 bridgehead atoms. The maximum absolute atomic E-state index is 12.4. The zero-order valence-corrected chi connectivity index (χ0v) is 9.65. The van der Waals surface area contributed by atoms with Gasteiger partial charge in [0.25, 0.3) is 0 Å². The van der Waals surface area contributed by atoms with Gasteiger partial charge in [-0.1, -0.05) is 29.4 Å². The second-order valence-electron chi connectivity index (χ2n) is 3.67. The number of rotatable bonds is 3. The first kappa shape index (κ1) is 15.9. The first-order valence-corrected chi connectivity index (χ1v) is 5.11. The van der Waals surface area contributed by atoms with E-state index < -0.39 is 24.0 Å². The monoisotopic (exact) mass is 295 g/mol. The van der Waals surface area contributed by atoms with Crippen LogP contribution in [-0.2, 0) is 6.18 Å². The predicted octanol–water partition coefficient (Wildman–Crippen LogP) is 4.96. The summed E-state index contributed by atoms with van der Waals surface area (Å²) in [6, 6.07) is 1.34. The Balaban J connectivity index is 3.03. The summed E-state index contributed by atoms with van der Waals surface area (Å²) in [5.41, 5.74) is 6.96.